The zero-order valence-corrected chi connectivity index (χ0v) is 13.0. The second-order valence-corrected chi connectivity index (χ2v) is 6.67. The molecule has 5 nitrogen and oxygen atoms in total. The molecule has 3 fully saturated rings. The fourth-order valence-electron chi connectivity index (χ4n) is 3.87. The number of hydrogen-bond donors (Lipinski definition) is 0. The van der Waals surface area contributed by atoms with E-state index in [1.165, 1.54) is 0 Å². The minimum Gasteiger partial charge on any atom is -0.385 e. The Morgan fingerprint density at radius 2 is 2.19 bits per heavy atom. The van der Waals surface area contributed by atoms with Crippen LogP contribution >= 0.6 is 0 Å². The Morgan fingerprint density at radius 3 is 2.86 bits per heavy atom. The molecule has 0 saturated carbocycles. The van der Waals surface area contributed by atoms with Crippen molar-refractivity contribution < 1.29 is 19.0 Å². The average Bonchev–Trinajstić information content (AvgIpc) is 3.16. The van der Waals surface area contributed by atoms with E-state index >= 15 is 0 Å². The van der Waals surface area contributed by atoms with Crippen molar-refractivity contribution >= 4 is 5.91 Å². The van der Waals surface area contributed by atoms with Gasteiger partial charge < -0.3 is 19.1 Å². The van der Waals surface area contributed by atoms with Crippen LogP contribution in [-0.4, -0.2) is 62.5 Å². The number of carbonyl (C=O) groups is 1. The van der Waals surface area contributed by atoms with Gasteiger partial charge in [0.1, 0.15) is 6.10 Å². The van der Waals surface area contributed by atoms with Crippen molar-refractivity contribution in [2.24, 2.45) is 5.92 Å². The first-order valence-electron chi connectivity index (χ1n) is 8.26. The van der Waals surface area contributed by atoms with Gasteiger partial charge in [0.05, 0.1) is 12.2 Å². The molecule has 3 aliphatic heterocycles. The van der Waals surface area contributed by atoms with Gasteiger partial charge in [-0.25, -0.2) is 0 Å². The summed E-state index contributed by atoms with van der Waals surface area (Å²) in [5.41, 5.74) is 0.0196. The highest BCUT2D eigenvalue weighted by molar-refractivity contribution is 5.81. The molecule has 1 spiro atoms. The minimum atomic E-state index is -0.182. The lowest BCUT2D eigenvalue weighted by Gasteiger charge is -2.39. The number of amides is 1. The van der Waals surface area contributed by atoms with Crippen molar-refractivity contribution in [2.75, 3.05) is 40.0 Å². The molecule has 1 amide bonds. The van der Waals surface area contributed by atoms with Crippen LogP contribution in [0.15, 0.2) is 0 Å². The molecule has 0 bridgehead atoms. The van der Waals surface area contributed by atoms with Gasteiger partial charge in [-0.1, -0.05) is 0 Å². The summed E-state index contributed by atoms with van der Waals surface area (Å²) < 4.78 is 16.8. The lowest BCUT2D eigenvalue weighted by molar-refractivity contribution is -0.145. The third kappa shape index (κ3) is 3.41. The molecule has 0 radical (unpaired) electrons. The summed E-state index contributed by atoms with van der Waals surface area (Å²) in [4.78, 5) is 14.3. The number of piperidine rings is 1. The zero-order valence-electron chi connectivity index (χ0n) is 13.0. The van der Waals surface area contributed by atoms with Crippen LogP contribution in [0.2, 0.25) is 0 Å². The van der Waals surface area contributed by atoms with Crippen molar-refractivity contribution in [2.45, 2.75) is 50.2 Å². The number of ether oxygens (including phenoxy) is 3. The van der Waals surface area contributed by atoms with Gasteiger partial charge in [-0.05, 0) is 44.4 Å². The van der Waals surface area contributed by atoms with Gasteiger partial charge in [0, 0.05) is 33.4 Å². The highest BCUT2D eigenvalue weighted by atomic mass is 16.5. The van der Waals surface area contributed by atoms with Gasteiger partial charge in [-0.2, -0.15) is 0 Å². The van der Waals surface area contributed by atoms with Gasteiger partial charge in [-0.3, -0.25) is 4.79 Å². The third-order valence-electron chi connectivity index (χ3n) is 5.21. The summed E-state index contributed by atoms with van der Waals surface area (Å²) in [6, 6.07) is 0. The summed E-state index contributed by atoms with van der Waals surface area (Å²) in [5, 5.41) is 0. The van der Waals surface area contributed by atoms with Crippen LogP contribution in [0.25, 0.3) is 0 Å². The fourth-order valence-corrected chi connectivity index (χ4v) is 3.87. The topological polar surface area (TPSA) is 48.0 Å². The molecule has 0 aromatic carbocycles. The summed E-state index contributed by atoms with van der Waals surface area (Å²) in [5.74, 6) is 0.807. The minimum absolute atomic E-state index is 0.0196. The molecule has 0 N–H and O–H groups in total. The van der Waals surface area contributed by atoms with E-state index in [1.54, 1.807) is 7.11 Å². The van der Waals surface area contributed by atoms with Crippen LogP contribution in [-0.2, 0) is 19.0 Å². The molecule has 5 heteroatoms. The number of carbonyl (C=O) groups excluding carboxylic acids is 1. The van der Waals surface area contributed by atoms with Crippen molar-refractivity contribution in [1.82, 2.24) is 4.90 Å². The highest BCUT2D eigenvalue weighted by Crippen LogP contribution is 2.40. The van der Waals surface area contributed by atoms with Crippen LogP contribution in [0.5, 0.6) is 0 Å². The first-order valence-corrected chi connectivity index (χ1v) is 8.26. The molecular formula is C16H27NO4. The van der Waals surface area contributed by atoms with E-state index < -0.39 is 0 Å². The maximum absolute atomic E-state index is 12.4. The van der Waals surface area contributed by atoms with Crippen molar-refractivity contribution in [1.29, 1.82) is 0 Å². The molecule has 0 aromatic rings. The lowest BCUT2D eigenvalue weighted by Crippen LogP contribution is -2.49. The summed E-state index contributed by atoms with van der Waals surface area (Å²) in [6.07, 6.45) is 5.85. The Labute approximate surface area is 126 Å². The van der Waals surface area contributed by atoms with Gasteiger partial charge in [-0.15, -0.1) is 0 Å². The Bertz CT molecular complexity index is 359. The largest absolute Gasteiger partial charge is 0.385 e. The van der Waals surface area contributed by atoms with Crippen LogP contribution in [0.3, 0.4) is 0 Å². The molecule has 2 atom stereocenters. The Balaban J connectivity index is 1.47. The van der Waals surface area contributed by atoms with E-state index in [9.17, 15) is 4.79 Å². The maximum Gasteiger partial charge on any atom is 0.251 e. The normalized spacial score (nSPS) is 32.0. The first-order chi connectivity index (χ1) is 10.2. The standard InChI is InChI=1S/C16H27NO4/c1-19-10-4-13-11-16(21-12-13)5-7-17(8-6-16)15(18)14-3-2-9-20-14/h13-14H,2-12H2,1H3/t13-,14+/m0/s1. The summed E-state index contributed by atoms with van der Waals surface area (Å²) in [7, 11) is 1.75. The van der Waals surface area contributed by atoms with Crippen LogP contribution in [0.1, 0.15) is 38.5 Å². The van der Waals surface area contributed by atoms with Crippen molar-refractivity contribution in [3.8, 4) is 0 Å². The molecule has 120 valence electrons. The maximum atomic E-state index is 12.4. The molecular weight excluding hydrogens is 270 g/mol. The molecule has 0 aromatic heterocycles. The van der Waals surface area contributed by atoms with Gasteiger partial charge >= 0.3 is 0 Å². The number of methoxy groups -OCH3 is 1. The number of rotatable bonds is 4. The van der Waals surface area contributed by atoms with Gasteiger partial charge in [0.25, 0.3) is 5.91 Å². The van der Waals surface area contributed by atoms with E-state index in [0.29, 0.717) is 5.92 Å². The highest BCUT2D eigenvalue weighted by Gasteiger charge is 2.44. The quantitative estimate of drug-likeness (QED) is 0.791. The predicted octanol–water partition coefficient (Wildman–Crippen LogP) is 1.60. The number of nitrogens with zero attached hydrogens (tertiary/aromatic N) is 1. The Hall–Kier alpha value is -0.650. The summed E-state index contributed by atoms with van der Waals surface area (Å²) >= 11 is 0. The number of hydrogen-bond acceptors (Lipinski definition) is 4. The van der Waals surface area contributed by atoms with Crippen LogP contribution in [0.4, 0.5) is 0 Å². The SMILES string of the molecule is COCC[C@@H]1COC2(CCN(C(=O)[C@H]3CCCO3)CC2)C1. The fraction of sp³-hybridized carbons (Fsp3) is 0.938. The smallest absolute Gasteiger partial charge is 0.251 e. The molecule has 0 aliphatic carbocycles. The average molecular weight is 297 g/mol. The van der Waals surface area contributed by atoms with Gasteiger partial charge in [0.15, 0.2) is 0 Å². The molecule has 3 rings (SSSR count). The first kappa shape index (κ1) is 15.3. The second kappa shape index (κ2) is 6.63. The molecule has 0 unspecified atom stereocenters. The van der Waals surface area contributed by atoms with E-state index in [1.807, 2.05) is 4.90 Å². The van der Waals surface area contributed by atoms with Crippen molar-refractivity contribution in [3.05, 3.63) is 0 Å². The Kier molecular flexibility index (Phi) is 4.82. The van der Waals surface area contributed by atoms with E-state index in [4.69, 9.17) is 14.2 Å². The van der Waals surface area contributed by atoms with E-state index in [-0.39, 0.29) is 17.6 Å². The number of likely N-dealkylation sites (tertiary alicyclic amines) is 1. The lowest BCUT2D eigenvalue weighted by atomic mass is 9.84. The molecule has 3 aliphatic rings. The zero-order chi connectivity index (χ0) is 14.7. The van der Waals surface area contributed by atoms with Gasteiger partial charge in [0.2, 0.25) is 0 Å². The van der Waals surface area contributed by atoms with Crippen molar-refractivity contribution in [3.63, 3.8) is 0 Å². The monoisotopic (exact) mass is 297 g/mol. The second-order valence-electron chi connectivity index (χ2n) is 6.67. The van der Waals surface area contributed by atoms with Crippen LogP contribution < -0.4 is 0 Å². The van der Waals surface area contributed by atoms with E-state index in [0.717, 1.165) is 71.4 Å². The summed E-state index contributed by atoms with van der Waals surface area (Å²) in [6.45, 7) is 4.03. The molecule has 21 heavy (non-hydrogen) atoms. The Morgan fingerprint density at radius 1 is 1.38 bits per heavy atom. The van der Waals surface area contributed by atoms with E-state index in [2.05, 4.69) is 0 Å². The molecule has 3 saturated heterocycles. The van der Waals surface area contributed by atoms with Crippen LogP contribution in [0, 0.1) is 5.92 Å². The predicted molar refractivity (Wildman–Crippen MR) is 78.1 cm³/mol. The molecule has 3 heterocycles. The third-order valence-corrected chi connectivity index (χ3v) is 5.21.